The van der Waals surface area contributed by atoms with Crippen LogP contribution in [0.1, 0.15) is 5.82 Å². The monoisotopic (exact) mass is 375 g/mol. The Labute approximate surface area is 144 Å². The number of alkyl halides is 3. The molecule has 22 heavy (non-hydrogen) atoms. The Kier molecular flexibility index (Phi) is 3.98. The van der Waals surface area contributed by atoms with Crippen molar-refractivity contribution in [2.24, 2.45) is 0 Å². The van der Waals surface area contributed by atoms with Crippen LogP contribution in [0.3, 0.4) is 0 Å². The summed E-state index contributed by atoms with van der Waals surface area (Å²) in [5.74, 6) is -0.0122. The summed E-state index contributed by atoms with van der Waals surface area (Å²) in [6, 6.07) is 7.09. The van der Waals surface area contributed by atoms with Gasteiger partial charge in [0.25, 0.3) is 9.70 Å². The lowest BCUT2D eigenvalue weighted by Crippen LogP contribution is -2.26. The number of halogens is 3. The molecule has 2 aromatic heterocycles. The Hall–Kier alpha value is -1.41. The fraction of sp³-hybridized carbons (Fsp3) is 0.167. The van der Waals surface area contributed by atoms with Gasteiger partial charge in [-0.3, -0.25) is 4.79 Å². The first-order chi connectivity index (χ1) is 10.3. The minimum Gasteiger partial charge on any atom is -0.322 e. The van der Waals surface area contributed by atoms with Crippen molar-refractivity contribution in [3.05, 3.63) is 30.1 Å². The smallest absolute Gasteiger partial charge is 0.276 e. The van der Waals surface area contributed by atoms with E-state index in [0.29, 0.717) is 16.5 Å². The number of benzene rings is 1. The molecule has 1 aromatic carbocycles. The molecule has 3 aromatic rings. The van der Waals surface area contributed by atoms with Crippen molar-refractivity contribution in [2.45, 2.75) is 10.7 Å². The third kappa shape index (κ3) is 3.03. The van der Waals surface area contributed by atoms with Crippen LogP contribution in [-0.2, 0) is 4.79 Å². The molecule has 0 aliphatic heterocycles. The molecule has 1 N–H and O–H groups in total. The highest BCUT2D eigenvalue weighted by molar-refractivity contribution is 7.19. The molecule has 2 heterocycles. The molecular formula is C12H8Cl3N5OS. The van der Waals surface area contributed by atoms with Crippen LogP contribution in [-0.4, -0.2) is 29.5 Å². The van der Waals surface area contributed by atoms with Gasteiger partial charge in [0.2, 0.25) is 4.96 Å². The Morgan fingerprint density at radius 3 is 2.77 bits per heavy atom. The van der Waals surface area contributed by atoms with Gasteiger partial charge in [0.15, 0.2) is 5.82 Å². The average molecular weight is 377 g/mol. The zero-order chi connectivity index (χ0) is 15.9. The van der Waals surface area contributed by atoms with Crippen LogP contribution in [0.15, 0.2) is 24.3 Å². The molecule has 0 spiro atoms. The zero-order valence-corrected chi connectivity index (χ0v) is 14.1. The fourth-order valence-corrected chi connectivity index (χ4v) is 2.79. The number of nitrogens with one attached hydrogen (secondary N) is 1. The second-order valence-electron chi connectivity index (χ2n) is 4.38. The number of rotatable bonds is 2. The third-order valence-corrected chi connectivity index (χ3v) is 4.23. The minimum atomic E-state index is -2.01. The maximum absolute atomic E-state index is 11.7. The summed E-state index contributed by atoms with van der Waals surface area (Å²) >= 11 is 18.0. The topological polar surface area (TPSA) is 72.2 Å². The van der Waals surface area contributed by atoms with E-state index in [-0.39, 0.29) is 0 Å². The van der Waals surface area contributed by atoms with E-state index >= 15 is 0 Å². The van der Waals surface area contributed by atoms with E-state index in [4.69, 9.17) is 34.8 Å². The van der Waals surface area contributed by atoms with E-state index in [1.807, 2.05) is 13.0 Å². The molecule has 114 valence electrons. The van der Waals surface area contributed by atoms with Crippen molar-refractivity contribution in [2.75, 3.05) is 5.32 Å². The molecule has 6 nitrogen and oxygen atoms in total. The Bertz CT molecular complexity index is 854. The molecule has 0 unspecified atom stereocenters. The number of aromatic nitrogens is 4. The number of fused-ring (bicyclic) bond motifs is 1. The number of hydrogen-bond donors (Lipinski definition) is 1. The molecule has 0 atom stereocenters. The largest absolute Gasteiger partial charge is 0.322 e. The van der Waals surface area contributed by atoms with Gasteiger partial charge in [-0.15, -0.1) is 10.2 Å². The molecule has 3 rings (SSSR count). The fourth-order valence-electron chi connectivity index (χ4n) is 1.76. The highest BCUT2D eigenvalue weighted by Gasteiger charge is 2.30. The standard InChI is InChI=1S/C12H8Cl3N5OS/c1-6-17-18-11-20(6)19-9(22-11)7-3-2-4-8(5-7)16-10(21)12(13,14)15/h2-5H,1H3,(H,16,21). The van der Waals surface area contributed by atoms with Crippen LogP contribution in [0.2, 0.25) is 0 Å². The van der Waals surface area contributed by atoms with Crippen LogP contribution in [0.25, 0.3) is 15.5 Å². The van der Waals surface area contributed by atoms with Gasteiger partial charge >= 0.3 is 0 Å². The van der Waals surface area contributed by atoms with E-state index in [9.17, 15) is 4.79 Å². The highest BCUT2D eigenvalue weighted by atomic mass is 35.6. The van der Waals surface area contributed by atoms with Gasteiger partial charge in [0.05, 0.1) is 0 Å². The highest BCUT2D eigenvalue weighted by Crippen LogP contribution is 2.30. The Morgan fingerprint density at radius 1 is 1.32 bits per heavy atom. The van der Waals surface area contributed by atoms with Gasteiger partial charge in [-0.1, -0.05) is 58.3 Å². The minimum absolute atomic E-state index is 0.511. The number of carbonyl (C=O) groups excluding carboxylic acids is 1. The van der Waals surface area contributed by atoms with E-state index in [1.165, 1.54) is 11.3 Å². The summed E-state index contributed by atoms with van der Waals surface area (Å²) < 4.78 is -0.354. The SMILES string of the molecule is Cc1nnc2sc(-c3cccc(NC(=O)C(Cl)(Cl)Cl)c3)nn12. The number of aryl methyl sites for hydroxylation is 1. The van der Waals surface area contributed by atoms with Gasteiger partial charge in [-0.25, -0.2) is 0 Å². The van der Waals surface area contributed by atoms with Crippen molar-refractivity contribution in [1.82, 2.24) is 19.8 Å². The molecule has 0 saturated carbocycles. The maximum atomic E-state index is 11.7. The second-order valence-corrected chi connectivity index (χ2v) is 7.62. The lowest BCUT2D eigenvalue weighted by molar-refractivity contribution is -0.115. The summed E-state index contributed by atoms with van der Waals surface area (Å²) in [5.41, 5.74) is 1.33. The van der Waals surface area contributed by atoms with Crippen LogP contribution in [0, 0.1) is 6.92 Å². The van der Waals surface area contributed by atoms with Crippen molar-refractivity contribution in [3.8, 4) is 10.6 Å². The first kappa shape index (κ1) is 15.5. The van der Waals surface area contributed by atoms with Crippen LogP contribution >= 0.6 is 46.1 Å². The van der Waals surface area contributed by atoms with Crippen molar-refractivity contribution in [1.29, 1.82) is 0 Å². The number of carbonyl (C=O) groups is 1. The van der Waals surface area contributed by atoms with E-state index < -0.39 is 9.70 Å². The summed E-state index contributed by atoms with van der Waals surface area (Å²) in [7, 11) is 0. The van der Waals surface area contributed by atoms with Gasteiger partial charge in [0, 0.05) is 11.3 Å². The predicted octanol–water partition coefficient (Wildman–Crippen LogP) is 3.47. The zero-order valence-electron chi connectivity index (χ0n) is 11.0. The van der Waals surface area contributed by atoms with Crippen molar-refractivity contribution < 1.29 is 4.79 Å². The molecular weight excluding hydrogens is 369 g/mol. The first-order valence-corrected chi connectivity index (χ1v) is 7.97. The lowest BCUT2D eigenvalue weighted by Gasteiger charge is -2.11. The van der Waals surface area contributed by atoms with Gasteiger partial charge in [-0.2, -0.15) is 9.61 Å². The first-order valence-electron chi connectivity index (χ1n) is 6.02. The maximum Gasteiger partial charge on any atom is 0.276 e. The predicted molar refractivity (Wildman–Crippen MR) is 87.8 cm³/mol. The average Bonchev–Trinajstić information content (AvgIpc) is 3.01. The van der Waals surface area contributed by atoms with Gasteiger partial charge in [-0.05, 0) is 19.1 Å². The molecule has 0 aliphatic rings. The second kappa shape index (κ2) is 5.66. The molecule has 0 saturated heterocycles. The molecule has 0 bridgehead atoms. The van der Waals surface area contributed by atoms with Gasteiger partial charge in [0.1, 0.15) is 5.01 Å². The molecule has 10 heteroatoms. The third-order valence-electron chi connectivity index (χ3n) is 2.77. The summed E-state index contributed by atoms with van der Waals surface area (Å²) in [5, 5.41) is 15.7. The lowest BCUT2D eigenvalue weighted by atomic mass is 10.2. The number of nitrogens with zero attached hydrogens (tertiary/aromatic N) is 4. The van der Waals surface area contributed by atoms with E-state index in [1.54, 1.807) is 22.7 Å². The number of hydrogen-bond acceptors (Lipinski definition) is 5. The van der Waals surface area contributed by atoms with Gasteiger partial charge < -0.3 is 5.32 Å². The summed E-state index contributed by atoms with van der Waals surface area (Å²) in [6.07, 6.45) is 0. The summed E-state index contributed by atoms with van der Waals surface area (Å²) in [6.45, 7) is 1.82. The summed E-state index contributed by atoms with van der Waals surface area (Å²) in [4.78, 5) is 12.4. The van der Waals surface area contributed by atoms with Crippen molar-refractivity contribution in [3.63, 3.8) is 0 Å². The molecule has 0 fully saturated rings. The van der Waals surface area contributed by atoms with Crippen LogP contribution < -0.4 is 5.32 Å². The van der Waals surface area contributed by atoms with Crippen LogP contribution in [0.5, 0.6) is 0 Å². The van der Waals surface area contributed by atoms with E-state index in [0.717, 1.165) is 10.6 Å². The molecule has 1 amide bonds. The van der Waals surface area contributed by atoms with Crippen LogP contribution in [0.4, 0.5) is 5.69 Å². The Balaban J connectivity index is 1.92. The number of anilines is 1. The normalized spacial score (nSPS) is 11.8. The quantitative estimate of drug-likeness (QED) is 0.695. The number of amides is 1. The van der Waals surface area contributed by atoms with Crippen molar-refractivity contribution >= 4 is 62.7 Å². The Morgan fingerprint density at radius 2 is 2.09 bits per heavy atom. The van der Waals surface area contributed by atoms with E-state index in [2.05, 4.69) is 20.6 Å². The molecule has 0 aliphatic carbocycles. The molecule has 0 radical (unpaired) electrons.